The normalized spacial score (nSPS) is 12.8. The average Bonchev–Trinajstić information content (AvgIpc) is 3.33. The van der Waals surface area contributed by atoms with Gasteiger partial charge in [0.1, 0.15) is 10.8 Å². The first-order valence-electron chi connectivity index (χ1n) is 8.94. The number of nitrogens with zero attached hydrogens (tertiary/aromatic N) is 2. The molecule has 3 aromatic rings. The van der Waals surface area contributed by atoms with Gasteiger partial charge in [0.05, 0.1) is 16.5 Å². The van der Waals surface area contributed by atoms with Crippen LogP contribution in [0.2, 0.25) is 0 Å². The summed E-state index contributed by atoms with van der Waals surface area (Å²) in [5, 5.41) is 0.836. The van der Waals surface area contributed by atoms with E-state index in [2.05, 4.69) is 4.98 Å². The minimum atomic E-state index is -0.803. The number of likely N-dealkylation sites (N-methyl/N-ethyl adjacent to an activating group) is 1. The topological polar surface area (TPSA) is 72.6 Å². The highest BCUT2D eigenvalue weighted by atomic mass is 32.1. The van der Waals surface area contributed by atoms with Crippen LogP contribution in [0.1, 0.15) is 30.5 Å². The van der Waals surface area contributed by atoms with Crippen molar-refractivity contribution in [3.05, 3.63) is 53.4 Å². The van der Waals surface area contributed by atoms with Crippen molar-refractivity contribution in [1.82, 2.24) is 9.88 Å². The van der Waals surface area contributed by atoms with Crippen LogP contribution in [0.5, 0.6) is 0 Å². The third kappa shape index (κ3) is 4.86. The number of furan rings is 1. The van der Waals surface area contributed by atoms with Gasteiger partial charge in [0.25, 0.3) is 5.91 Å². The molecule has 0 aliphatic heterocycles. The molecular formula is C21H22N2O4S. The molecule has 1 aromatic carbocycles. The lowest BCUT2D eigenvalue weighted by Gasteiger charge is -2.17. The fraction of sp³-hybridized carbons (Fsp3) is 0.286. The summed E-state index contributed by atoms with van der Waals surface area (Å²) in [4.78, 5) is 30.2. The van der Waals surface area contributed by atoms with E-state index in [9.17, 15) is 9.59 Å². The molecule has 0 aliphatic rings. The van der Waals surface area contributed by atoms with Gasteiger partial charge in [-0.1, -0.05) is 12.1 Å². The number of benzene rings is 1. The van der Waals surface area contributed by atoms with Gasteiger partial charge in [0.15, 0.2) is 6.10 Å². The summed E-state index contributed by atoms with van der Waals surface area (Å²) in [6, 6.07) is 11.6. The van der Waals surface area contributed by atoms with E-state index in [1.54, 1.807) is 38.6 Å². The van der Waals surface area contributed by atoms with Crippen LogP contribution in [-0.2, 0) is 14.3 Å². The van der Waals surface area contributed by atoms with E-state index in [0.29, 0.717) is 12.2 Å². The standard InChI is InChI=1S/C21H22N2O4S/c1-14(21(25)23(2)3)27-19(24)11-10-15(13-16-7-6-12-26-16)20-22-17-8-4-5-9-18(17)28-20/h4-9,12-14H,10-11H2,1-3H3/b15-13-/t14-/m0/s1. The highest BCUT2D eigenvalue weighted by Crippen LogP contribution is 2.31. The predicted molar refractivity (Wildman–Crippen MR) is 110 cm³/mol. The van der Waals surface area contributed by atoms with E-state index in [1.807, 2.05) is 42.5 Å². The van der Waals surface area contributed by atoms with Gasteiger partial charge < -0.3 is 14.1 Å². The highest BCUT2D eigenvalue weighted by molar-refractivity contribution is 7.19. The van der Waals surface area contributed by atoms with Crippen molar-refractivity contribution in [2.45, 2.75) is 25.9 Å². The van der Waals surface area contributed by atoms with Crippen molar-refractivity contribution in [3.63, 3.8) is 0 Å². The van der Waals surface area contributed by atoms with Crippen LogP contribution in [-0.4, -0.2) is 42.0 Å². The maximum absolute atomic E-state index is 12.2. The van der Waals surface area contributed by atoms with E-state index in [4.69, 9.17) is 9.15 Å². The number of ether oxygens (including phenoxy) is 1. The summed E-state index contributed by atoms with van der Waals surface area (Å²) in [5.41, 5.74) is 1.81. The van der Waals surface area contributed by atoms with Gasteiger partial charge in [0.2, 0.25) is 0 Å². The summed E-state index contributed by atoms with van der Waals surface area (Å²) < 4.78 is 11.8. The summed E-state index contributed by atoms with van der Waals surface area (Å²) in [6.07, 6.45) is 3.27. The fourth-order valence-corrected chi connectivity index (χ4v) is 3.71. The van der Waals surface area contributed by atoms with Crippen LogP contribution in [0.4, 0.5) is 0 Å². The van der Waals surface area contributed by atoms with Crippen LogP contribution < -0.4 is 0 Å². The van der Waals surface area contributed by atoms with Gasteiger partial charge >= 0.3 is 5.97 Å². The fourth-order valence-electron chi connectivity index (χ4n) is 2.70. The molecule has 0 unspecified atom stereocenters. The number of carbonyl (C=O) groups excluding carboxylic acids is 2. The predicted octanol–water partition coefficient (Wildman–Crippen LogP) is 4.23. The number of carbonyl (C=O) groups is 2. The van der Waals surface area contributed by atoms with Crippen molar-refractivity contribution in [3.8, 4) is 0 Å². The first kappa shape index (κ1) is 19.8. The number of para-hydroxylation sites is 1. The number of rotatable bonds is 7. The Morgan fingerprint density at radius 1 is 1.21 bits per heavy atom. The van der Waals surface area contributed by atoms with Gasteiger partial charge in [-0.15, -0.1) is 11.3 Å². The van der Waals surface area contributed by atoms with Crippen LogP contribution >= 0.6 is 11.3 Å². The molecule has 0 bridgehead atoms. The zero-order valence-electron chi connectivity index (χ0n) is 16.0. The largest absolute Gasteiger partial charge is 0.465 e. The van der Waals surface area contributed by atoms with Crippen LogP contribution in [0, 0.1) is 0 Å². The summed E-state index contributed by atoms with van der Waals surface area (Å²) in [5.74, 6) is 0.0267. The first-order valence-corrected chi connectivity index (χ1v) is 9.76. The first-order chi connectivity index (χ1) is 13.4. The number of amides is 1. The Labute approximate surface area is 167 Å². The molecular weight excluding hydrogens is 376 g/mol. The van der Waals surface area contributed by atoms with Gasteiger partial charge in [0, 0.05) is 20.5 Å². The maximum Gasteiger partial charge on any atom is 0.306 e. The molecule has 146 valence electrons. The number of fused-ring (bicyclic) bond motifs is 1. The molecule has 0 radical (unpaired) electrons. The maximum atomic E-state index is 12.2. The molecule has 0 aliphatic carbocycles. The molecule has 3 rings (SSSR count). The van der Waals surface area contributed by atoms with Gasteiger partial charge in [-0.2, -0.15) is 0 Å². The smallest absolute Gasteiger partial charge is 0.306 e. The molecule has 1 atom stereocenters. The van der Waals surface area contributed by atoms with Crippen molar-refractivity contribution >= 4 is 45.1 Å². The second-order valence-corrected chi connectivity index (χ2v) is 7.57. The van der Waals surface area contributed by atoms with Crippen molar-refractivity contribution < 1.29 is 18.7 Å². The second-order valence-electron chi connectivity index (χ2n) is 6.54. The van der Waals surface area contributed by atoms with E-state index in [-0.39, 0.29) is 12.3 Å². The van der Waals surface area contributed by atoms with Gasteiger partial charge in [-0.3, -0.25) is 9.59 Å². The Kier molecular flexibility index (Phi) is 6.26. The lowest BCUT2D eigenvalue weighted by atomic mass is 10.1. The molecule has 0 saturated heterocycles. The zero-order valence-corrected chi connectivity index (χ0v) is 16.9. The average molecular weight is 398 g/mol. The quantitative estimate of drug-likeness (QED) is 0.557. The number of hydrogen-bond acceptors (Lipinski definition) is 6. The number of esters is 1. The molecule has 7 heteroatoms. The van der Waals surface area contributed by atoms with E-state index >= 15 is 0 Å². The minimum Gasteiger partial charge on any atom is -0.465 e. The molecule has 0 spiro atoms. The Hall–Kier alpha value is -2.93. The van der Waals surface area contributed by atoms with Gasteiger partial charge in [-0.25, -0.2) is 4.98 Å². The minimum absolute atomic E-state index is 0.146. The lowest BCUT2D eigenvalue weighted by molar-refractivity contribution is -0.157. The molecule has 28 heavy (non-hydrogen) atoms. The summed E-state index contributed by atoms with van der Waals surface area (Å²) in [6.45, 7) is 1.58. The Morgan fingerprint density at radius 2 is 2.00 bits per heavy atom. The van der Waals surface area contributed by atoms with E-state index in [1.165, 1.54) is 4.90 Å². The highest BCUT2D eigenvalue weighted by Gasteiger charge is 2.20. The second kappa shape index (κ2) is 8.84. The Bertz CT molecular complexity index is 956. The number of allylic oxidation sites excluding steroid dienone is 1. The molecule has 6 nitrogen and oxygen atoms in total. The van der Waals surface area contributed by atoms with Crippen molar-refractivity contribution in [2.75, 3.05) is 14.1 Å². The number of aromatic nitrogens is 1. The lowest BCUT2D eigenvalue weighted by Crippen LogP contribution is -2.34. The molecule has 1 amide bonds. The number of hydrogen-bond donors (Lipinski definition) is 0. The van der Waals surface area contributed by atoms with Crippen molar-refractivity contribution in [2.24, 2.45) is 0 Å². The molecule has 0 saturated carbocycles. The molecule has 2 aromatic heterocycles. The van der Waals surface area contributed by atoms with Crippen LogP contribution in [0.3, 0.4) is 0 Å². The SMILES string of the molecule is C[C@H](OC(=O)CC/C(=C/c1ccco1)c1nc2ccccc2s1)C(=O)N(C)C. The summed E-state index contributed by atoms with van der Waals surface area (Å²) in [7, 11) is 3.26. The third-order valence-electron chi connectivity index (χ3n) is 4.12. The monoisotopic (exact) mass is 398 g/mol. The van der Waals surface area contributed by atoms with Gasteiger partial charge in [-0.05, 0) is 49.3 Å². The molecule has 0 N–H and O–H groups in total. The third-order valence-corrected chi connectivity index (χ3v) is 5.24. The van der Waals surface area contributed by atoms with E-state index in [0.717, 1.165) is 20.8 Å². The molecule has 2 heterocycles. The van der Waals surface area contributed by atoms with E-state index < -0.39 is 12.1 Å². The van der Waals surface area contributed by atoms with Crippen LogP contribution in [0.25, 0.3) is 21.9 Å². The Morgan fingerprint density at radius 3 is 2.68 bits per heavy atom. The van der Waals surface area contributed by atoms with Crippen molar-refractivity contribution in [1.29, 1.82) is 0 Å². The molecule has 0 fully saturated rings. The number of thiazole rings is 1. The van der Waals surface area contributed by atoms with Crippen LogP contribution in [0.15, 0.2) is 47.1 Å². The Balaban J connectivity index is 1.75. The summed E-state index contributed by atoms with van der Waals surface area (Å²) >= 11 is 1.57. The zero-order chi connectivity index (χ0) is 20.1.